The standard InChI is InChI=1S/C41H28B4N6O2/c42-33-32(38(52)36(45)35(44)34(33)43)41-47-39(46-40(48-41)26-10-6-12-29-31(26)25-9-4-5-11-28(25)53-29)22-15-17-24-21(19-22)14-13-20-16-18-27-37(30(20)24)50-51(49-27)23-7-2-1-3-8-23/h1-19,52H,42-45H2. The smallest absolute Gasteiger partial charge is 0.167 e. The van der Waals surface area contributed by atoms with Gasteiger partial charge in [0.25, 0.3) is 0 Å². The summed E-state index contributed by atoms with van der Waals surface area (Å²) in [5, 5.41) is 27.5. The number of rotatable bonds is 4. The molecule has 1 N–H and O–H groups in total. The van der Waals surface area contributed by atoms with Gasteiger partial charge in [-0.1, -0.05) is 95.3 Å². The molecule has 0 spiro atoms. The average Bonchev–Trinajstić information content (AvgIpc) is 3.81. The van der Waals surface area contributed by atoms with Crippen molar-refractivity contribution in [2.24, 2.45) is 0 Å². The van der Waals surface area contributed by atoms with E-state index < -0.39 is 0 Å². The molecule has 246 valence electrons. The van der Waals surface area contributed by atoms with Crippen LogP contribution in [-0.4, -0.2) is 66.4 Å². The van der Waals surface area contributed by atoms with Gasteiger partial charge in [-0.3, -0.25) is 0 Å². The molecule has 10 rings (SSSR count). The Labute approximate surface area is 307 Å². The zero-order valence-corrected chi connectivity index (χ0v) is 29.5. The van der Waals surface area contributed by atoms with Gasteiger partial charge in [0.2, 0.25) is 0 Å². The average molecular weight is 680 g/mol. The molecule has 53 heavy (non-hydrogen) atoms. The van der Waals surface area contributed by atoms with Crippen LogP contribution in [0.3, 0.4) is 0 Å². The number of phenols is 1. The first-order valence-corrected chi connectivity index (χ1v) is 17.6. The Kier molecular flexibility index (Phi) is 6.85. The van der Waals surface area contributed by atoms with Gasteiger partial charge >= 0.3 is 0 Å². The SMILES string of the molecule is Bc1c(B)c(B)c(-c2nc(-c3ccc4c(ccc5ccc6nn(-c7ccccc7)nc6c54)c3)nc(-c3cccc4oc5ccccc5c34)n2)c(O)c1B. The fourth-order valence-corrected chi connectivity index (χ4v) is 7.61. The third kappa shape index (κ3) is 4.79. The van der Waals surface area contributed by atoms with Crippen LogP contribution in [0.15, 0.2) is 120 Å². The van der Waals surface area contributed by atoms with E-state index in [0.717, 1.165) is 93.2 Å². The molecule has 0 fully saturated rings. The molecule has 0 saturated carbocycles. The van der Waals surface area contributed by atoms with Crippen molar-refractivity contribution < 1.29 is 9.52 Å². The molecule has 0 amide bonds. The topological polar surface area (TPSA) is 103 Å². The molecule has 0 atom stereocenters. The Morgan fingerprint density at radius 1 is 0.547 bits per heavy atom. The van der Waals surface area contributed by atoms with Crippen molar-refractivity contribution in [2.75, 3.05) is 0 Å². The van der Waals surface area contributed by atoms with E-state index in [-0.39, 0.29) is 5.75 Å². The number of nitrogens with zero attached hydrogens (tertiary/aromatic N) is 6. The van der Waals surface area contributed by atoms with Crippen molar-refractivity contribution >= 4 is 108 Å². The normalized spacial score (nSPS) is 11.8. The van der Waals surface area contributed by atoms with Gasteiger partial charge < -0.3 is 9.52 Å². The molecule has 7 aromatic carbocycles. The van der Waals surface area contributed by atoms with Crippen LogP contribution < -0.4 is 21.9 Å². The monoisotopic (exact) mass is 680 g/mol. The number of aromatic hydroxyl groups is 1. The molecule has 0 radical (unpaired) electrons. The van der Waals surface area contributed by atoms with Gasteiger partial charge in [-0.05, 0) is 52.6 Å². The van der Waals surface area contributed by atoms with Gasteiger partial charge in [0.15, 0.2) is 17.5 Å². The highest BCUT2D eigenvalue weighted by Gasteiger charge is 2.22. The van der Waals surface area contributed by atoms with Gasteiger partial charge in [0, 0.05) is 27.3 Å². The second-order valence-corrected chi connectivity index (χ2v) is 13.7. The fraction of sp³-hybridized carbons (Fsp3) is 0. The van der Waals surface area contributed by atoms with Crippen molar-refractivity contribution in [1.29, 1.82) is 0 Å². The Hall–Kier alpha value is -6.67. The van der Waals surface area contributed by atoms with Crippen LogP contribution in [-0.2, 0) is 0 Å². The van der Waals surface area contributed by atoms with E-state index in [9.17, 15) is 5.11 Å². The summed E-state index contributed by atoms with van der Waals surface area (Å²) in [7, 11) is 8.06. The largest absolute Gasteiger partial charge is 0.508 e. The Morgan fingerprint density at radius 3 is 2.13 bits per heavy atom. The lowest BCUT2D eigenvalue weighted by Crippen LogP contribution is -2.48. The zero-order valence-electron chi connectivity index (χ0n) is 29.5. The van der Waals surface area contributed by atoms with Crippen molar-refractivity contribution in [3.8, 4) is 45.6 Å². The summed E-state index contributed by atoms with van der Waals surface area (Å²) >= 11 is 0. The minimum Gasteiger partial charge on any atom is -0.508 e. The molecule has 0 aliphatic heterocycles. The van der Waals surface area contributed by atoms with Crippen LogP contribution in [0.2, 0.25) is 0 Å². The lowest BCUT2D eigenvalue weighted by Gasteiger charge is -2.18. The van der Waals surface area contributed by atoms with E-state index in [1.165, 1.54) is 0 Å². The highest BCUT2D eigenvalue weighted by atomic mass is 16.3. The lowest BCUT2D eigenvalue weighted by molar-refractivity contribution is 0.482. The number of phenolic OH excluding ortho intramolecular Hbond substituents is 1. The third-order valence-electron chi connectivity index (χ3n) is 10.8. The molecule has 0 unspecified atom stereocenters. The number of fused-ring (bicyclic) bond motifs is 8. The van der Waals surface area contributed by atoms with Crippen LogP contribution in [0, 0.1) is 0 Å². The van der Waals surface area contributed by atoms with Crippen molar-refractivity contribution in [2.45, 2.75) is 0 Å². The second kappa shape index (κ2) is 11.7. The zero-order chi connectivity index (χ0) is 36.0. The van der Waals surface area contributed by atoms with Crippen LogP contribution in [0.1, 0.15) is 0 Å². The van der Waals surface area contributed by atoms with E-state index in [1.807, 2.05) is 96.3 Å². The highest BCUT2D eigenvalue weighted by molar-refractivity contribution is 6.64. The Morgan fingerprint density at radius 2 is 1.26 bits per heavy atom. The van der Waals surface area contributed by atoms with Gasteiger partial charge in [-0.25, -0.2) is 15.0 Å². The third-order valence-corrected chi connectivity index (χ3v) is 10.8. The predicted molar refractivity (Wildman–Crippen MR) is 225 cm³/mol. The highest BCUT2D eigenvalue weighted by Crippen LogP contribution is 2.38. The molecule has 12 heteroatoms. The predicted octanol–water partition coefficient (Wildman–Crippen LogP) is 2.55. The number of furan rings is 1. The first-order valence-electron chi connectivity index (χ1n) is 17.6. The first kappa shape index (κ1) is 31.1. The van der Waals surface area contributed by atoms with Crippen LogP contribution in [0.4, 0.5) is 0 Å². The van der Waals surface area contributed by atoms with E-state index in [0.29, 0.717) is 23.0 Å². The molecule has 3 aromatic heterocycles. The summed E-state index contributed by atoms with van der Waals surface area (Å²) in [5.41, 5.74) is 10.2. The van der Waals surface area contributed by atoms with Gasteiger partial charge in [0.1, 0.15) is 59.3 Å². The van der Waals surface area contributed by atoms with Crippen molar-refractivity contribution in [1.82, 2.24) is 29.9 Å². The van der Waals surface area contributed by atoms with E-state index >= 15 is 0 Å². The molecular weight excluding hydrogens is 652 g/mol. The Bertz CT molecular complexity index is 3120. The molecule has 0 aliphatic carbocycles. The molecule has 3 heterocycles. The van der Waals surface area contributed by atoms with E-state index in [4.69, 9.17) is 29.6 Å². The summed E-state index contributed by atoms with van der Waals surface area (Å²) in [5.74, 6) is 1.58. The maximum atomic E-state index is 11.6. The second-order valence-electron chi connectivity index (χ2n) is 13.7. The van der Waals surface area contributed by atoms with Crippen molar-refractivity contribution in [3.05, 3.63) is 115 Å². The minimum atomic E-state index is 0.179. The van der Waals surface area contributed by atoms with Gasteiger partial charge in [-0.15, -0.1) is 15.7 Å². The first-order chi connectivity index (χ1) is 25.8. The number of hydrogen-bond donors (Lipinski definition) is 1. The van der Waals surface area contributed by atoms with Crippen LogP contribution in [0.5, 0.6) is 5.75 Å². The molecule has 0 aliphatic rings. The quantitative estimate of drug-likeness (QED) is 0.226. The summed E-state index contributed by atoms with van der Waals surface area (Å²) in [6.45, 7) is 0. The number of para-hydroxylation sites is 2. The maximum Gasteiger partial charge on any atom is 0.167 e. The molecule has 8 nitrogen and oxygen atoms in total. The van der Waals surface area contributed by atoms with E-state index in [1.54, 1.807) is 4.80 Å². The van der Waals surface area contributed by atoms with Crippen molar-refractivity contribution in [3.63, 3.8) is 0 Å². The van der Waals surface area contributed by atoms with Crippen LogP contribution in [0.25, 0.3) is 94.4 Å². The lowest BCUT2D eigenvalue weighted by atomic mass is 9.65. The molecule has 10 aromatic rings. The molecule has 0 saturated heterocycles. The molecule has 0 bridgehead atoms. The van der Waals surface area contributed by atoms with E-state index in [2.05, 4.69) is 50.3 Å². The number of hydrogen-bond acceptors (Lipinski definition) is 7. The number of aromatic nitrogens is 6. The minimum absolute atomic E-state index is 0.179. The maximum absolute atomic E-state index is 11.6. The fourth-order valence-electron chi connectivity index (χ4n) is 7.61. The van der Waals surface area contributed by atoms with Gasteiger partial charge in [-0.2, -0.15) is 4.80 Å². The number of benzene rings is 7. The summed E-state index contributed by atoms with van der Waals surface area (Å²) in [6.07, 6.45) is 0. The molecular formula is C41H28B4N6O2. The van der Waals surface area contributed by atoms with Gasteiger partial charge in [0.05, 0.1) is 11.3 Å². The Balaban J connectivity index is 1.21. The summed E-state index contributed by atoms with van der Waals surface area (Å²) < 4.78 is 6.25. The van der Waals surface area contributed by atoms with Crippen LogP contribution >= 0.6 is 0 Å². The summed E-state index contributed by atoms with van der Waals surface area (Å²) in [4.78, 5) is 17.0. The summed E-state index contributed by atoms with van der Waals surface area (Å²) in [6, 6.07) is 38.5.